The van der Waals surface area contributed by atoms with Gasteiger partial charge in [0.1, 0.15) is 0 Å². The molecule has 0 aromatic heterocycles. The second-order valence-electron chi connectivity index (χ2n) is 3.30. The van der Waals surface area contributed by atoms with Crippen LogP contribution < -0.4 is 0 Å². The molecule has 0 radical (unpaired) electrons. The first kappa shape index (κ1) is 8.52. The minimum Gasteiger partial charge on any atom is -0.294 e. The molecular weight excluding hydrogens is 184 g/mol. The fourth-order valence-electron chi connectivity index (χ4n) is 1.56. The predicted molar refractivity (Wildman–Crippen MR) is 53.7 cm³/mol. The van der Waals surface area contributed by atoms with E-state index in [-0.39, 0.29) is 5.78 Å². The molecule has 0 fully saturated rings. The normalized spacial score (nSPS) is 15.2. The van der Waals surface area contributed by atoms with Crippen molar-refractivity contribution in [3.05, 3.63) is 41.0 Å². The predicted octanol–water partition coefficient (Wildman–Crippen LogP) is 2.70. The lowest BCUT2D eigenvalue weighted by molar-refractivity contribution is -0.114. The highest BCUT2D eigenvalue weighted by Gasteiger charge is 2.15. The maximum absolute atomic E-state index is 11.2. The van der Waals surface area contributed by atoms with Crippen molar-refractivity contribution in [2.24, 2.45) is 0 Å². The van der Waals surface area contributed by atoms with Gasteiger partial charge in [-0.1, -0.05) is 35.4 Å². The van der Waals surface area contributed by atoms with Gasteiger partial charge in [0.25, 0.3) is 0 Å². The van der Waals surface area contributed by atoms with E-state index >= 15 is 0 Å². The Morgan fingerprint density at radius 1 is 1.38 bits per heavy atom. The molecule has 1 aromatic carbocycles. The van der Waals surface area contributed by atoms with Gasteiger partial charge in [-0.05, 0) is 18.1 Å². The summed E-state index contributed by atoms with van der Waals surface area (Å²) in [7, 11) is 0. The number of allylic oxidation sites excluding steroid dienone is 1. The molecule has 0 atom stereocenters. The summed E-state index contributed by atoms with van der Waals surface area (Å²) < 4.78 is 0. The number of fused-ring (bicyclic) bond motifs is 1. The summed E-state index contributed by atoms with van der Waals surface area (Å²) in [5.41, 5.74) is 3.20. The van der Waals surface area contributed by atoms with E-state index in [1.165, 1.54) is 6.08 Å². The van der Waals surface area contributed by atoms with Gasteiger partial charge < -0.3 is 0 Å². The van der Waals surface area contributed by atoms with E-state index in [1.54, 1.807) is 0 Å². The minimum absolute atomic E-state index is 0.0862. The van der Waals surface area contributed by atoms with Crippen LogP contribution in [-0.4, -0.2) is 5.78 Å². The van der Waals surface area contributed by atoms with E-state index in [1.807, 2.05) is 25.1 Å². The van der Waals surface area contributed by atoms with Crippen LogP contribution in [0, 0.1) is 6.92 Å². The average molecular weight is 193 g/mol. The van der Waals surface area contributed by atoms with Gasteiger partial charge in [-0.3, -0.25) is 4.79 Å². The maximum Gasteiger partial charge on any atom is 0.161 e. The quantitative estimate of drug-likeness (QED) is 0.618. The van der Waals surface area contributed by atoms with Crippen LogP contribution in [0.5, 0.6) is 0 Å². The molecule has 66 valence electrons. The molecule has 1 aliphatic rings. The van der Waals surface area contributed by atoms with Crippen molar-refractivity contribution in [2.75, 3.05) is 0 Å². The van der Waals surface area contributed by atoms with Crippen LogP contribution in [0.25, 0.3) is 5.03 Å². The lowest BCUT2D eigenvalue weighted by Crippen LogP contribution is -2.07. The van der Waals surface area contributed by atoms with Crippen molar-refractivity contribution in [1.29, 1.82) is 0 Å². The molecule has 0 aliphatic heterocycles. The standard InChI is InChI=1S/C11H9ClO/c1-7-2-3-10-8(4-7)5-9(13)6-11(10)12/h2-4,6H,5H2,1H3. The Labute approximate surface area is 82.0 Å². The SMILES string of the molecule is Cc1ccc2c(c1)CC(=O)C=C2Cl. The number of halogens is 1. The monoisotopic (exact) mass is 192 g/mol. The minimum atomic E-state index is 0.0862. The summed E-state index contributed by atoms with van der Waals surface area (Å²) in [4.78, 5) is 11.2. The van der Waals surface area contributed by atoms with Crippen LogP contribution in [0.3, 0.4) is 0 Å². The van der Waals surface area contributed by atoms with E-state index in [9.17, 15) is 4.79 Å². The molecule has 0 saturated heterocycles. The first-order valence-electron chi connectivity index (χ1n) is 4.17. The van der Waals surface area contributed by atoms with Crippen LogP contribution in [0.1, 0.15) is 16.7 Å². The lowest BCUT2D eigenvalue weighted by atomic mass is 9.95. The summed E-state index contributed by atoms with van der Waals surface area (Å²) in [6.07, 6.45) is 1.98. The second kappa shape index (κ2) is 3.00. The Kier molecular flexibility index (Phi) is 1.97. The zero-order chi connectivity index (χ0) is 9.42. The van der Waals surface area contributed by atoms with Gasteiger partial charge >= 0.3 is 0 Å². The molecule has 2 heteroatoms. The molecule has 0 heterocycles. The summed E-state index contributed by atoms with van der Waals surface area (Å²) in [5.74, 6) is 0.0862. The number of carbonyl (C=O) groups is 1. The molecule has 1 nitrogen and oxygen atoms in total. The summed E-state index contributed by atoms with van der Waals surface area (Å²) in [5, 5.41) is 0.561. The first-order valence-corrected chi connectivity index (χ1v) is 4.54. The van der Waals surface area contributed by atoms with Gasteiger partial charge in [-0.25, -0.2) is 0 Å². The first-order chi connectivity index (χ1) is 6.16. The Hall–Kier alpha value is -1.08. The van der Waals surface area contributed by atoms with E-state index < -0.39 is 0 Å². The third-order valence-electron chi connectivity index (χ3n) is 2.17. The molecule has 1 aromatic rings. The molecule has 0 amide bonds. The highest BCUT2D eigenvalue weighted by atomic mass is 35.5. The number of aryl methyl sites for hydroxylation is 1. The van der Waals surface area contributed by atoms with Crippen LogP contribution in [0.4, 0.5) is 0 Å². The van der Waals surface area contributed by atoms with E-state index in [0.29, 0.717) is 11.5 Å². The van der Waals surface area contributed by atoms with Crippen molar-refractivity contribution < 1.29 is 4.79 Å². The highest BCUT2D eigenvalue weighted by Crippen LogP contribution is 2.28. The molecule has 13 heavy (non-hydrogen) atoms. The maximum atomic E-state index is 11.2. The third kappa shape index (κ3) is 1.52. The van der Waals surface area contributed by atoms with E-state index in [0.717, 1.165) is 16.7 Å². The Bertz CT molecular complexity index is 405. The highest BCUT2D eigenvalue weighted by molar-refractivity contribution is 6.50. The Morgan fingerprint density at radius 3 is 2.92 bits per heavy atom. The largest absolute Gasteiger partial charge is 0.294 e. The van der Waals surface area contributed by atoms with Gasteiger partial charge in [0.2, 0.25) is 0 Å². The number of ketones is 1. The summed E-state index contributed by atoms with van der Waals surface area (Å²) in [6, 6.07) is 5.99. The van der Waals surface area contributed by atoms with Crippen LogP contribution in [0.2, 0.25) is 0 Å². The second-order valence-corrected chi connectivity index (χ2v) is 3.70. The molecule has 0 unspecified atom stereocenters. The lowest BCUT2D eigenvalue weighted by Gasteiger charge is -2.12. The van der Waals surface area contributed by atoms with Crippen LogP contribution in [-0.2, 0) is 11.2 Å². The van der Waals surface area contributed by atoms with Crippen LogP contribution in [0.15, 0.2) is 24.3 Å². The molecule has 2 rings (SSSR count). The van der Waals surface area contributed by atoms with Crippen molar-refractivity contribution in [2.45, 2.75) is 13.3 Å². The van der Waals surface area contributed by atoms with Gasteiger partial charge in [0, 0.05) is 12.5 Å². The molecular formula is C11H9ClO. The Balaban J connectivity index is 2.60. The number of carbonyl (C=O) groups excluding carboxylic acids is 1. The van der Waals surface area contributed by atoms with E-state index in [4.69, 9.17) is 11.6 Å². The van der Waals surface area contributed by atoms with Crippen LogP contribution >= 0.6 is 11.6 Å². The zero-order valence-corrected chi connectivity index (χ0v) is 8.06. The number of rotatable bonds is 0. The number of hydrogen-bond donors (Lipinski definition) is 0. The van der Waals surface area contributed by atoms with Gasteiger partial charge in [-0.2, -0.15) is 0 Å². The van der Waals surface area contributed by atoms with Crippen molar-refractivity contribution in [3.63, 3.8) is 0 Å². The summed E-state index contributed by atoms with van der Waals surface area (Å²) in [6.45, 7) is 2.01. The fraction of sp³-hybridized carbons (Fsp3) is 0.182. The van der Waals surface area contributed by atoms with Crippen molar-refractivity contribution in [3.8, 4) is 0 Å². The smallest absolute Gasteiger partial charge is 0.161 e. The zero-order valence-electron chi connectivity index (χ0n) is 7.30. The van der Waals surface area contributed by atoms with Crippen molar-refractivity contribution >= 4 is 22.4 Å². The number of hydrogen-bond acceptors (Lipinski definition) is 1. The van der Waals surface area contributed by atoms with Gasteiger partial charge in [-0.15, -0.1) is 0 Å². The molecule has 0 spiro atoms. The van der Waals surface area contributed by atoms with Gasteiger partial charge in [0.05, 0.1) is 5.03 Å². The molecule has 1 aliphatic carbocycles. The molecule has 0 bridgehead atoms. The van der Waals surface area contributed by atoms with Gasteiger partial charge in [0.15, 0.2) is 5.78 Å². The fourth-order valence-corrected chi connectivity index (χ4v) is 1.87. The molecule has 0 saturated carbocycles. The summed E-state index contributed by atoms with van der Waals surface area (Å²) >= 11 is 5.93. The van der Waals surface area contributed by atoms with E-state index in [2.05, 4.69) is 0 Å². The Morgan fingerprint density at radius 2 is 2.15 bits per heavy atom. The van der Waals surface area contributed by atoms with Crippen molar-refractivity contribution in [1.82, 2.24) is 0 Å². The number of benzene rings is 1. The third-order valence-corrected chi connectivity index (χ3v) is 2.48. The average Bonchev–Trinajstić information content (AvgIpc) is 2.02. The molecule has 0 N–H and O–H groups in total. The topological polar surface area (TPSA) is 17.1 Å².